The normalized spacial score (nSPS) is 10.1. The maximum absolute atomic E-state index is 13.2. The average Bonchev–Trinajstić information content (AvgIpc) is 2.22. The number of nitrogens with two attached hydrogens (primary N) is 1. The first-order valence-corrected chi connectivity index (χ1v) is 4.46. The molecule has 16 heavy (non-hydrogen) atoms. The van der Waals surface area contributed by atoms with E-state index >= 15 is 0 Å². The monoisotopic (exact) mass is 222 g/mol. The summed E-state index contributed by atoms with van der Waals surface area (Å²) in [7, 11) is 0. The topological polar surface area (TPSA) is 63.8 Å². The van der Waals surface area contributed by atoms with E-state index < -0.39 is 11.6 Å². The van der Waals surface area contributed by atoms with Gasteiger partial charge in [0, 0.05) is 12.3 Å². The lowest BCUT2D eigenvalue weighted by molar-refractivity contribution is 0.586. The molecule has 1 aromatic carbocycles. The van der Waals surface area contributed by atoms with E-state index in [0.29, 0.717) is 0 Å². The lowest BCUT2D eigenvalue weighted by Crippen LogP contribution is -2.01. The largest absolute Gasteiger partial charge is 0.384 e. The lowest BCUT2D eigenvalue weighted by atomic mass is 10.3. The Morgan fingerprint density at radius 2 is 2.00 bits per heavy atom. The molecule has 0 fully saturated rings. The van der Waals surface area contributed by atoms with Gasteiger partial charge in [0.25, 0.3) is 0 Å². The Kier molecular flexibility index (Phi) is 2.63. The Bertz CT molecular complexity index is 516. The average molecular weight is 222 g/mol. The first-order chi connectivity index (χ1) is 7.65. The molecular formula is C10H8F2N4. The molecule has 0 radical (unpaired) electrons. The number of aromatic nitrogens is 2. The Morgan fingerprint density at radius 1 is 1.19 bits per heavy atom. The highest BCUT2D eigenvalue weighted by Crippen LogP contribution is 2.18. The number of benzene rings is 1. The second-order valence-corrected chi connectivity index (χ2v) is 3.05. The van der Waals surface area contributed by atoms with Gasteiger partial charge in [-0.3, -0.25) is 0 Å². The molecular weight excluding hydrogens is 214 g/mol. The molecule has 4 nitrogen and oxygen atoms in total. The van der Waals surface area contributed by atoms with Crippen molar-refractivity contribution in [3.8, 4) is 0 Å². The molecule has 0 aliphatic rings. The third-order valence-corrected chi connectivity index (χ3v) is 1.85. The maximum atomic E-state index is 13.2. The van der Waals surface area contributed by atoms with Crippen molar-refractivity contribution in [1.29, 1.82) is 0 Å². The molecule has 6 heteroatoms. The van der Waals surface area contributed by atoms with E-state index in [0.717, 1.165) is 12.1 Å². The maximum Gasteiger partial charge on any atom is 0.229 e. The predicted octanol–water partition coefficient (Wildman–Crippen LogP) is 2.08. The van der Waals surface area contributed by atoms with Crippen molar-refractivity contribution in [1.82, 2.24) is 9.97 Å². The van der Waals surface area contributed by atoms with Gasteiger partial charge in [0.1, 0.15) is 17.5 Å². The number of anilines is 3. The van der Waals surface area contributed by atoms with Crippen LogP contribution in [0.4, 0.5) is 26.2 Å². The van der Waals surface area contributed by atoms with Crippen LogP contribution < -0.4 is 11.1 Å². The van der Waals surface area contributed by atoms with Crippen LogP contribution in [0.3, 0.4) is 0 Å². The standard InChI is InChI=1S/C10H8F2N4/c11-6-1-2-8(7(12)5-6)15-10-14-4-3-9(13)16-10/h1-5H,(H3,13,14,15,16). The summed E-state index contributed by atoms with van der Waals surface area (Å²) in [6.45, 7) is 0. The fourth-order valence-electron chi connectivity index (χ4n) is 1.14. The van der Waals surface area contributed by atoms with Gasteiger partial charge in [-0.1, -0.05) is 0 Å². The van der Waals surface area contributed by atoms with E-state index in [9.17, 15) is 8.78 Å². The summed E-state index contributed by atoms with van der Waals surface area (Å²) in [5.74, 6) is -0.937. The highest BCUT2D eigenvalue weighted by Gasteiger charge is 2.05. The number of halogens is 2. The van der Waals surface area contributed by atoms with Crippen LogP contribution in [-0.2, 0) is 0 Å². The number of rotatable bonds is 2. The zero-order chi connectivity index (χ0) is 11.5. The highest BCUT2D eigenvalue weighted by molar-refractivity contribution is 5.54. The summed E-state index contributed by atoms with van der Waals surface area (Å²) in [6, 6.07) is 4.68. The van der Waals surface area contributed by atoms with Crippen LogP contribution in [0.15, 0.2) is 30.5 Å². The molecule has 0 amide bonds. The summed E-state index contributed by atoms with van der Waals surface area (Å²) in [5.41, 5.74) is 5.52. The number of hydrogen-bond donors (Lipinski definition) is 2. The van der Waals surface area contributed by atoms with E-state index in [2.05, 4.69) is 15.3 Å². The Morgan fingerprint density at radius 3 is 2.69 bits per heavy atom. The van der Waals surface area contributed by atoms with Gasteiger partial charge in [0.05, 0.1) is 5.69 Å². The lowest BCUT2D eigenvalue weighted by Gasteiger charge is -2.05. The van der Waals surface area contributed by atoms with Crippen molar-refractivity contribution < 1.29 is 8.78 Å². The van der Waals surface area contributed by atoms with Crippen molar-refractivity contribution in [2.75, 3.05) is 11.1 Å². The summed E-state index contributed by atoms with van der Waals surface area (Å²) < 4.78 is 25.9. The van der Waals surface area contributed by atoms with Gasteiger partial charge in [-0.15, -0.1) is 0 Å². The molecule has 1 aromatic heterocycles. The van der Waals surface area contributed by atoms with Crippen LogP contribution in [0.2, 0.25) is 0 Å². The molecule has 3 N–H and O–H groups in total. The van der Waals surface area contributed by atoms with Gasteiger partial charge in [0.2, 0.25) is 5.95 Å². The van der Waals surface area contributed by atoms with E-state index in [1.807, 2.05) is 0 Å². The van der Waals surface area contributed by atoms with Gasteiger partial charge in [-0.2, -0.15) is 4.98 Å². The van der Waals surface area contributed by atoms with E-state index in [4.69, 9.17) is 5.73 Å². The minimum Gasteiger partial charge on any atom is -0.384 e. The SMILES string of the molecule is Nc1ccnc(Nc2ccc(F)cc2F)n1. The van der Waals surface area contributed by atoms with E-state index in [1.54, 1.807) is 0 Å². The molecule has 0 aliphatic heterocycles. The molecule has 0 spiro atoms. The number of hydrogen-bond acceptors (Lipinski definition) is 4. The minimum absolute atomic E-state index is 0.0898. The highest BCUT2D eigenvalue weighted by atomic mass is 19.1. The third kappa shape index (κ3) is 2.22. The predicted molar refractivity (Wildman–Crippen MR) is 56.1 cm³/mol. The second kappa shape index (κ2) is 4.09. The van der Waals surface area contributed by atoms with Crippen molar-refractivity contribution in [3.05, 3.63) is 42.1 Å². The van der Waals surface area contributed by atoms with Gasteiger partial charge >= 0.3 is 0 Å². The fourth-order valence-corrected chi connectivity index (χ4v) is 1.14. The van der Waals surface area contributed by atoms with Crippen molar-refractivity contribution in [2.45, 2.75) is 0 Å². The molecule has 2 rings (SSSR count). The summed E-state index contributed by atoms with van der Waals surface area (Å²) >= 11 is 0. The second-order valence-electron chi connectivity index (χ2n) is 3.05. The Labute approximate surface area is 90.1 Å². The van der Waals surface area contributed by atoms with Crippen LogP contribution in [0.1, 0.15) is 0 Å². The van der Waals surface area contributed by atoms with Crippen molar-refractivity contribution in [2.24, 2.45) is 0 Å². The summed E-state index contributed by atoms with van der Waals surface area (Å²) in [4.78, 5) is 7.66. The fraction of sp³-hybridized carbons (Fsp3) is 0. The first kappa shape index (κ1) is 10.3. The van der Waals surface area contributed by atoms with Crippen LogP contribution >= 0.6 is 0 Å². The molecule has 82 valence electrons. The van der Waals surface area contributed by atoms with Crippen LogP contribution in [0.25, 0.3) is 0 Å². The number of nitrogens with zero attached hydrogens (tertiary/aromatic N) is 2. The van der Waals surface area contributed by atoms with Gasteiger partial charge < -0.3 is 11.1 Å². The molecule has 0 bridgehead atoms. The molecule has 2 aromatic rings. The smallest absolute Gasteiger partial charge is 0.229 e. The third-order valence-electron chi connectivity index (χ3n) is 1.85. The zero-order valence-corrected chi connectivity index (χ0v) is 8.11. The first-order valence-electron chi connectivity index (χ1n) is 4.46. The van der Waals surface area contributed by atoms with Gasteiger partial charge in [-0.25, -0.2) is 13.8 Å². The Hall–Kier alpha value is -2.24. The van der Waals surface area contributed by atoms with Gasteiger partial charge in [0.15, 0.2) is 0 Å². The van der Waals surface area contributed by atoms with E-state index in [1.165, 1.54) is 18.3 Å². The molecule has 0 saturated heterocycles. The van der Waals surface area contributed by atoms with Crippen LogP contribution in [0.5, 0.6) is 0 Å². The van der Waals surface area contributed by atoms with E-state index in [-0.39, 0.29) is 17.5 Å². The number of nitrogen functional groups attached to an aromatic ring is 1. The number of nitrogens with one attached hydrogen (secondary N) is 1. The van der Waals surface area contributed by atoms with Crippen LogP contribution in [0, 0.1) is 11.6 Å². The molecule has 0 atom stereocenters. The minimum atomic E-state index is -0.717. The Balaban J connectivity index is 2.27. The molecule has 1 heterocycles. The summed E-state index contributed by atoms with van der Waals surface area (Å²) in [5, 5.41) is 2.60. The summed E-state index contributed by atoms with van der Waals surface area (Å²) in [6.07, 6.45) is 1.44. The molecule has 0 aliphatic carbocycles. The zero-order valence-electron chi connectivity index (χ0n) is 8.11. The van der Waals surface area contributed by atoms with Crippen LogP contribution in [-0.4, -0.2) is 9.97 Å². The van der Waals surface area contributed by atoms with Crippen molar-refractivity contribution in [3.63, 3.8) is 0 Å². The quantitative estimate of drug-likeness (QED) is 0.816. The molecule has 0 unspecified atom stereocenters. The van der Waals surface area contributed by atoms with Crippen molar-refractivity contribution >= 4 is 17.5 Å². The van der Waals surface area contributed by atoms with Gasteiger partial charge in [-0.05, 0) is 18.2 Å². The molecule has 0 saturated carbocycles.